The number of hydrogen-bond acceptors (Lipinski definition) is 6. The van der Waals surface area contributed by atoms with Crippen LogP contribution in [-0.4, -0.2) is 59.3 Å². The van der Waals surface area contributed by atoms with Crippen LogP contribution < -0.4 is 10.6 Å². The van der Waals surface area contributed by atoms with Gasteiger partial charge in [-0.25, -0.2) is 4.79 Å². The molecular formula is C45H80N2O7. The maximum atomic E-state index is 12.7. The Labute approximate surface area is 329 Å². The predicted octanol–water partition coefficient (Wildman–Crippen LogP) is 10.6. The van der Waals surface area contributed by atoms with Crippen molar-refractivity contribution in [1.82, 2.24) is 10.6 Å². The third kappa shape index (κ3) is 36.1. The average Bonchev–Trinajstić information content (AvgIpc) is 3.15. The molecule has 9 heteroatoms. The molecule has 2 unspecified atom stereocenters. The molecule has 0 heterocycles. The van der Waals surface area contributed by atoms with Crippen LogP contribution in [-0.2, 0) is 23.9 Å². The van der Waals surface area contributed by atoms with Gasteiger partial charge in [0.15, 0.2) is 0 Å². The van der Waals surface area contributed by atoms with Crippen LogP contribution in [0, 0.1) is 0 Å². The van der Waals surface area contributed by atoms with Crippen molar-refractivity contribution < 1.29 is 34.1 Å². The Morgan fingerprint density at radius 3 is 1.63 bits per heavy atom. The number of ether oxygens (including phenoxy) is 1. The van der Waals surface area contributed by atoms with E-state index >= 15 is 0 Å². The number of aliphatic hydroxyl groups excluding tert-OH is 1. The van der Waals surface area contributed by atoms with Gasteiger partial charge in [0.05, 0.1) is 13.2 Å². The molecule has 0 fully saturated rings. The van der Waals surface area contributed by atoms with Gasteiger partial charge in [-0.15, -0.1) is 0 Å². The molecule has 2 atom stereocenters. The highest BCUT2D eigenvalue weighted by Gasteiger charge is 2.18. The van der Waals surface area contributed by atoms with Crippen molar-refractivity contribution in [2.24, 2.45) is 0 Å². The molecule has 0 spiro atoms. The Bertz CT molecular complexity index is 1010. The van der Waals surface area contributed by atoms with E-state index in [0.29, 0.717) is 12.8 Å². The molecule has 0 aliphatic carbocycles. The summed E-state index contributed by atoms with van der Waals surface area (Å²) in [6.07, 6.45) is 44.8. The number of aliphatic hydroxyl groups is 1. The van der Waals surface area contributed by atoms with E-state index < -0.39 is 24.5 Å². The third-order valence-electron chi connectivity index (χ3n) is 9.59. The molecule has 9 nitrogen and oxygen atoms in total. The molecular weight excluding hydrogens is 681 g/mol. The van der Waals surface area contributed by atoms with E-state index in [1.54, 1.807) is 0 Å². The summed E-state index contributed by atoms with van der Waals surface area (Å²) in [5, 5.41) is 22.5. The van der Waals surface area contributed by atoms with Crippen molar-refractivity contribution >= 4 is 23.8 Å². The van der Waals surface area contributed by atoms with E-state index in [9.17, 15) is 19.2 Å². The second-order valence-electron chi connectivity index (χ2n) is 14.8. The Hall–Kier alpha value is -2.94. The second-order valence-corrected chi connectivity index (χ2v) is 14.8. The smallest absolute Gasteiger partial charge is 0.328 e. The van der Waals surface area contributed by atoms with Gasteiger partial charge in [-0.05, 0) is 76.7 Å². The van der Waals surface area contributed by atoms with Gasteiger partial charge < -0.3 is 25.6 Å². The number of allylic oxidation sites excluding steroid dienone is 5. The van der Waals surface area contributed by atoms with E-state index in [2.05, 4.69) is 54.9 Å². The summed E-state index contributed by atoms with van der Waals surface area (Å²) in [6, 6.07) is -1.39. The Kier molecular flexibility index (Phi) is 37.6. The summed E-state index contributed by atoms with van der Waals surface area (Å²) < 4.78 is 5.89. The molecule has 0 aliphatic rings. The number of carbonyl (C=O) groups excluding carboxylic acids is 3. The molecule has 0 bridgehead atoms. The lowest BCUT2D eigenvalue weighted by molar-refractivity contribution is -0.147. The van der Waals surface area contributed by atoms with Crippen molar-refractivity contribution in [2.75, 3.05) is 13.2 Å². The number of nitrogens with one attached hydrogen (secondary N) is 2. The van der Waals surface area contributed by atoms with Gasteiger partial charge in [-0.2, -0.15) is 0 Å². The van der Waals surface area contributed by atoms with E-state index in [0.717, 1.165) is 51.4 Å². The maximum absolute atomic E-state index is 12.7. The van der Waals surface area contributed by atoms with E-state index in [4.69, 9.17) is 14.9 Å². The molecule has 312 valence electrons. The quantitative estimate of drug-likeness (QED) is 0.0277. The number of hydrogen-bond donors (Lipinski definition) is 4. The van der Waals surface area contributed by atoms with Gasteiger partial charge in [0.2, 0.25) is 11.8 Å². The predicted molar refractivity (Wildman–Crippen MR) is 222 cm³/mol. The average molecular weight is 761 g/mol. The lowest BCUT2D eigenvalue weighted by Gasteiger charge is -2.15. The van der Waals surface area contributed by atoms with Gasteiger partial charge in [0.25, 0.3) is 0 Å². The number of aliphatic carboxylic acids is 1. The third-order valence-corrected chi connectivity index (χ3v) is 9.59. The minimum absolute atomic E-state index is 0.129. The highest BCUT2D eigenvalue weighted by molar-refractivity contribution is 5.87. The van der Waals surface area contributed by atoms with Crippen molar-refractivity contribution in [3.63, 3.8) is 0 Å². The van der Waals surface area contributed by atoms with Crippen LogP contribution >= 0.6 is 0 Å². The van der Waals surface area contributed by atoms with Gasteiger partial charge in [0, 0.05) is 12.8 Å². The van der Waals surface area contributed by atoms with Crippen LogP contribution in [0.4, 0.5) is 0 Å². The molecule has 0 aromatic heterocycles. The topological polar surface area (TPSA) is 142 Å². The first kappa shape index (κ1) is 51.1. The SMILES string of the molecule is CCCCC/C=C\C/C=C\C(CCCCCCC(=O)NCC(=O)NC(CO)C(=O)O)OC(=O)CCCCCCCCCCC/C=C\CCCCCCCC. The second kappa shape index (κ2) is 39.7. The summed E-state index contributed by atoms with van der Waals surface area (Å²) in [5.74, 6) is -2.42. The lowest BCUT2D eigenvalue weighted by atomic mass is 10.1. The fraction of sp³-hybridized carbons (Fsp3) is 0.778. The highest BCUT2D eigenvalue weighted by atomic mass is 16.5. The fourth-order valence-corrected chi connectivity index (χ4v) is 6.19. The number of unbranched alkanes of at least 4 members (excludes halogenated alkanes) is 21. The van der Waals surface area contributed by atoms with Crippen molar-refractivity contribution in [3.05, 3.63) is 36.5 Å². The number of rotatable bonds is 39. The van der Waals surface area contributed by atoms with E-state index in [-0.39, 0.29) is 30.9 Å². The van der Waals surface area contributed by atoms with Crippen molar-refractivity contribution in [2.45, 2.75) is 212 Å². The molecule has 0 aromatic carbocycles. The van der Waals surface area contributed by atoms with Crippen LogP contribution in [0.5, 0.6) is 0 Å². The summed E-state index contributed by atoms with van der Waals surface area (Å²) in [4.78, 5) is 47.5. The van der Waals surface area contributed by atoms with Crippen LogP contribution in [0.25, 0.3) is 0 Å². The lowest BCUT2D eigenvalue weighted by Crippen LogP contribution is -2.47. The zero-order chi connectivity index (χ0) is 39.7. The molecule has 0 radical (unpaired) electrons. The normalized spacial score (nSPS) is 12.8. The molecule has 0 saturated carbocycles. The number of carboxylic acids is 1. The highest BCUT2D eigenvalue weighted by Crippen LogP contribution is 2.15. The van der Waals surface area contributed by atoms with Crippen LogP contribution in [0.1, 0.15) is 200 Å². The molecule has 0 saturated heterocycles. The number of carbonyl (C=O) groups is 4. The van der Waals surface area contributed by atoms with Gasteiger partial charge in [-0.3, -0.25) is 14.4 Å². The molecule has 0 aromatic rings. The van der Waals surface area contributed by atoms with E-state index in [1.807, 2.05) is 6.08 Å². The monoisotopic (exact) mass is 761 g/mol. The fourth-order valence-electron chi connectivity index (χ4n) is 6.19. The molecule has 2 amide bonds. The summed E-state index contributed by atoms with van der Waals surface area (Å²) in [5.41, 5.74) is 0. The molecule has 0 aliphatic heterocycles. The number of esters is 1. The molecule has 4 N–H and O–H groups in total. The van der Waals surface area contributed by atoms with Crippen molar-refractivity contribution in [1.29, 1.82) is 0 Å². The standard InChI is InChI=1S/C45H80N2O7/c1-3-5-7-9-11-13-14-15-16-17-18-19-20-21-22-23-25-27-33-37-44(51)54-40(34-30-26-24-12-10-8-6-4-2)35-31-28-29-32-36-42(49)46-38-43(50)47-41(39-48)45(52)53/h12,15-16,24,30,34,40-41,48H,3-11,13-14,17-23,25-29,31-33,35-39H2,1-2H3,(H,46,49)(H,47,50)(H,52,53)/b16-15-,24-12-,34-30-. The molecule has 54 heavy (non-hydrogen) atoms. The van der Waals surface area contributed by atoms with E-state index in [1.165, 1.54) is 116 Å². The first-order chi connectivity index (χ1) is 26.3. The molecule has 0 rings (SSSR count). The van der Waals surface area contributed by atoms with Gasteiger partial charge >= 0.3 is 11.9 Å². The van der Waals surface area contributed by atoms with Crippen LogP contribution in [0.3, 0.4) is 0 Å². The summed E-state index contributed by atoms with van der Waals surface area (Å²) in [6.45, 7) is 3.41. The zero-order valence-electron chi connectivity index (χ0n) is 34.5. The van der Waals surface area contributed by atoms with Crippen LogP contribution in [0.2, 0.25) is 0 Å². The minimum atomic E-state index is -1.39. The summed E-state index contributed by atoms with van der Waals surface area (Å²) in [7, 11) is 0. The van der Waals surface area contributed by atoms with Gasteiger partial charge in [-0.1, -0.05) is 147 Å². The first-order valence-electron chi connectivity index (χ1n) is 21.9. The number of carboxylic acid groups (broad SMARTS) is 1. The zero-order valence-corrected chi connectivity index (χ0v) is 34.5. The van der Waals surface area contributed by atoms with Crippen molar-refractivity contribution in [3.8, 4) is 0 Å². The maximum Gasteiger partial charge on any atom is 0.328 e. The largest absolute Gasteiger partial charge is 0.480 e. The van der Waals surface area contributed by atoms with Gasteiger partial charge in [0.1, 0.15) is 12.1 Å². The Balaban J connectivity index is 4.21. The van der Waals surface area contributed by atoms with Crippen LogP contribution in [0.15, 0.2) is 36.5 Å². The Morgan fingerprint density at radius 1 is 0.574 bits per heavy atom. The Morgan fingerprint density at radius 2 is 1.06 bits per heavy atom. The number of amides is 2. The minimum Gasteiger partial charge on any atom is -0.480 e. The first-order valence-corrected chi connectivity index (χ1v) is 21.9. The summed E-state index contributed by atoms with van der Waals surface area (Å²) >= 11 is 0.